The van der Waals surface area contributed by atoms with Gasteiger partial charge in [0.1, 0.15) is 0 Å². The van der Waals surface area contributed by atoms with Crippen molar-refractivity contribution in [3.63, 3.8) is 0 Å². The third-order valence-corrected chi connectivity index (χ3v) is 4.66. The van der Waals surface area contributed by atoms with Crippen LogP contribution in [0.25, 0.3) is 0 Å². The van der Waals surface area contributed by atoms with Gasteiger partial charge in [-0.3, -0.25) is 14.8 Å². The van der Waals surface area contributed by atoms with Gasteiger partial charge < -0.3 is 5.73 Å². The first-order chi connectivity index (χ1) is 9.85. The fourth-order valence-corrected chi connectivity index (χ4v) is 3.44. The van der Waals surface area contributed by atoms with E-state index in [0.717, 1.165) is 18.2 Å². The summed E-state index contributed by atoms with van der Waals surface area (Å²) < 4.78 is 0. The van der Waals surface area contributed by atoms with Crippen LogP contribution in [0.1, 0.15) is 36.9 Å². The molecule has 4 nitrogen and oxygen atoms in total. The number of aromatic nitrogens is 1. The Morgan fingerprint density at radius 1 is 1.15 bits per heavy atom. The van der Waals surface area contributed by atoms with E-state index in [9.17, 15) is 0 Å². The zero-order valence-corrected chi connectivity index (χ0v) is 12.3. The normalized spacial score (nSPS) is 25.1. The number of likely N-dealkylation sites (tertiary alicyclic amines) is 2. The molecule has 4 heteroatoms. The van der Waals surface area contributed by atoms with Gasteiger partial charge in [0.05, 0.1) is 5.69 Å². The summed E-state index contributed by atoms with van der Waals surface area (Å²) in [6.45, 7) is 6.59. The molecular formula is C16H26N4. The largest absolute Gasteiger partial charge is 0.326 e. The second kappa shape index (κ2) is 6.66. The molecule has 3 rings (SSSR count). The molecule has 20 heavy (non-hydrogen) atoms. The minimum Gasteiger partial charge on any atom is -0.326 e. The van der Waals surface area contributed by atoms with Crippen molar-refractivity contribution in [1.82, 2.24) is 14.8 Å². The number of piperidine rings is 1. The number of rotatable bonds is 4. The van der Waals surface area contributed by atoms with Crippen molar-refractivity contribution >= 4 is 0 Å². The van der Waals surface area contributed by atoms with Crippen LogP contribution in [-0.2, 0) is 13.1 Å². The topological polar surface area (TPSA) is 45.4 Å². The van der Waals surface area contributed by atoms with Gasteiger partial charge in [0.15, 0.2) is 0 Å². The van der Waals surface area contributed by atoms with Crippen LogP contribution in [0, 0.1) is 0 Å². The van der Waals surface area contributed by atoms with Gasteiger partial charge in [0, 0.05) is 38.4 Å². The fraction of sp³-hybridized carbons (Fsp3) is 0.688. The van der Waals surface area contributed by atoms with E-state index in [0.29, 0.717) is 6.54 Å². The maximum absolute atomic E-state index is 5.61. The zero-order chi connectivity index (χ0) is 13.8. The predicted molar refractivity (Wildman–Crippen MR) is 81.2 cm³/mol. The molecule has 0 spiro atoms. The van der Waals surface area contributed by atoms with Crippen LogP contribution >= 0.6 is 0 Å². The van der Waals surface area contributed by atoms with Crippen LogP contribution in [0.2, 0.25) is 0 Å². The molecule has 2 saturated heterocycles. The van der Waals surface area contributed by atoms with E-state index in [-0.39, 0.29) is 0 Å². The molecule has 2 aliphatic heterocycles. The van der Waals surface area contributed by atoms with Crippen LogP contribution in [0.3, 0.4) is 0 Å². The Morgan fingerprint density at radius 2 is 2.00 bits per heavy atom. The highest BCUT2D eigenvalue weighted by atomic mass is 15.3. The van der Waals surface area contributed by atoms with E-state index < -0.39 is 0 Å². The highest BCUT2D eigenvalue weighted by Crippen LogP contribution is 2.21. The average molecular weight is 274 g/mol. The van der Waals surface area contributed by atoms with Gasteiger partial charge in [0.2, 0.25) is 0 Å². The Bertz CT molecular complexity index is 411. The molecule has 2 N–H and O–H groups in total. The molecule has 2 aliphatic rings. The smallest absolute Gasteiger partial charge is 0.0544 e. The summed E-state index contributed by atoms with van der Waals surface area (Å²) in [4.78, 5) is 9.76. The lowest BCUT2D eigenvalue weighted by Crippen LogP contribution is -2.40. The molecule has 1 aromatic rings. The lowest BCUT2D eigenvalue weighted by molar-refractivity contribution is 0.161. The summed E-state index contributed by atoms with van der Waals surface area (Å²) in [6, 6.07) is 5.00. The van der Waals surface area contributed by atoms with Crippen LogP contribution in [0.4, 0.5) is 0 Å². The summed E-state index contributed by atoms with van der Waals surface area (Å²) in [7, 11) is 0. The molecule has 0 aromatic carbocycles. The van der Waals surface area contributed by atoms with Gasteiger partial charge in [-0.15, -0.1) is 0 Å². The molecule has 0 amide bonds. The molecule has 0 radical (unpaired) electrons. The van der Waals surface area contributed by atoms with E-state index >= 15 is 0 Å². The third-order valence-electron chi connectivity index (χ3n) is 4.66. The van der Waals surface area contributed by atoms with Gasteiger partial charge in [0.25, 0.3) is 0 Å². The van der Waals surface area contributed by atoms with E-state index in [1.165, 1.54) is 57.6 Å². The molecule has 2 fully saturated rings. The monoisotopic (exact) mass is 274 g/mol. The number of pyridine rings is 1. The van der Waals surface area contributed by atoms with E-state index in [1.54, 1.807) is 0 Å². The Morgan fingerprint density at radius 3 is 2.70 bits per heavy atom. The van der Waals surface area contributed by atoms with Gasteiger partial charge >= 0.3 is 0 Å². The Labute approximate surface area is 122 Å². The lowest BCUT2D eigenvalue weighted by Gasteiger charge is -2.32. The Hall–Kier alpha value is -0.970. The van der Waals surface area contributed by atoms with Crippen LogP contribution in [0.15, 0.2) is 18.3 Å². The highest BCUT2D eigenvalue weighted by Gasteiger charge is 2.28. The number of hydrogen-bond acceptors (Lipinski definition) is 4. The maximum Gasteiger partial charge on any atom is 0.0544 e. The zero-order valence-electron chi connectivity index (χ0n) is 12.3. The van der Waals surface area contributed by atoms with Gasteiger partial charge in [-0.05, 0) is 44.0 Å². The van der Waals surface area contributed by atoms with Gasteiger partial charge in [-0.1, -0.05) is 12.5 Å². The van der Waals surface area contributed by atoms with E-state index in [1.807, 2.05) is 6.20 Å². The molecule has 1 atom stereocenters. The quantitative estimate of drug-likeness (QED) is 0.906. The summed E-state index contributed by atoms with van der Waals surface area (Å²) in [5.74, 6) is 0. The first-order valence-electron chi connectivity index (χ1n) is 7.95. The average Bonchev–Trinajstić information content (AvgIpc) is 2.97. The Balaban J connectivity index is 1.51. The highest BCUT2D eigenvalue weighted by molar-refractivity contribution is 5.13. The number of hydrogen-bond donors (Lipinski definition) is 1. The molecule has 1 aromatic heterocycles. The molecule has 0 aliphatic carbocycles. The van der Waals surface area contributed by atoms with Crippen molar-refractivity contribution in [3.05, 3.63) is 29.6 Å². The molecule has 110 valence electrons. The van der Waals surface area contributed by atoms with Gasteiger partial charge in [-0.25, -0.2) is 0 Å². The molecule has 3 heterocycles. The van der Waals surface area contributed by atoms with Crippen molar-refractivity contribution in [2.75, 3.05) is 26.2 Å². The lowest BCUT2D eigenvalue weighted by atomic mass is 10.1. The Kier molecular flexibility index (Phi) is 4.65. The number of nitrogens with two attached hydrogens (primary N) is 1. The minimum absolute atomic E-state index is 0.577. The predicted octanol–water partition coefficient (Wildman–Crippen LogP) is 1.60. The molecule has 0 bridgehead atoms. The second-order valence-electron chi connectivity index (χ2n) is 6.14. The molecule has 1 unspecified atom stereocenters. The molecular weight excluding hydrogens is 248 g/mol. The standard InChI is InChI=1S/C16H26N4/c17-10-14-4-5-15(18-11-14)12-19-9-6-16(13-19)20-7-2-1-3-8-20/h4-5,11,16H,1-3,6-10,12-13,17H2. The fourth-order valence-electron chi connectivity index (χ4n) is 3.44. The van der Waals surface area contributed by atoms with Crippen LogP contribution < -0.4 is 5.73 Å². The molecule has 0 saturated carbocycles. The van der Waals surface area contributed by atoms with Crippen molar-refractivity contribution in [1.29, 1.82) is 0 Å². The van der Waals surface area contributed by atoms with Crippen LogP contribution in [-0.4, -0.2) is 47.0 Å². The second-order valence-corrected chi connectivity index (χ2v) is 6.14. The van der Waals surface area contributed by atoms with Crippen molar-refractivity contribution in [2.24, 2.45) is 5.73 Å². The summed E-state index contributed by atoms with van der Waals surface area (Å²) >= 11 is 0. The SMILES string of the molecule is NCc1ccc(CN2CCC(N3CCCCC3)C2)nc1. The summed E-state index contributed by atoms with van der Waals surface area (Å²) in [5.41, 5.74) is 7.89. The first kappa shape index (κ1) is 14.0. The maximum atomic E-state index is 5.61. The van der Waals surface area contributed by atoms with Crippen molar-refractivity contribution < 1.29 is 0 Å². The van der Waals surface area contributed by atoms with E-state index in [4.69, 9.17) is 5.73 Å². The summed E-state index contributed by atoms with van der Waals surface area (Å²) in [6.07, 6.45) is 7.43. The third kappa shape index (κ3) is 3.37. The van der Waals surface area contributed by atoms with Crippen LogP contribution in [0.5, 0.6) is 0 Å². The van der Waals surface area contributed by atoms with Gasteiger partial charge in [-0.2, -0.15) is 0 Å². The first-order valence-corrected chi connectivity index (χ1v) is 7.95. The van der Waals surface area contributed by atoms with Crippen molar-refractivity contribution in [3.8, 4) is 0 Å². The number of nitrogens with zero attached hydrogens (tertiary/aromatic N) is 3. The summed E-state index contributed by atoms with van der Waals surface area (Å²) in [5, 5.41) is 0. The van der Waals surface area contributed by atoms with Crippen molar-refractivity contribution in [2.45, 2.75) is 44.8 Å². The minimum atomic E-state index is 0.577. The van der Waals surface area contributed by atoms with E-state index in [2.05, 4.69) is 26.9 Å².